The molecule has 0 spiro atoms. The van der Waals surface area contributed by atoms with Crippen molar-refractivity contribution in [3.8, 4) is 17.6 Å². The van der Waals surface area contributed by atoms with Crippen LogP contribution in [-0.4, -0.2) is 17.7 Å². The Balaban J connectivity index is 1.75. The van der Waals surface area contributed by atoms with Crippen molar-refractivity contribution >= 4 is 6.09 Å². The van der Waals surface area contributed by atoms with Gasteiger partial charge in [-0.2, -0.15) is 0 Å². The van der Waals surface area contributed by atoms with Gasteiger partial charge < -0.3 is 15.2 Å². The quantitative estimate of drug-likeness (QED) is 0.857. The van der Waals surface area contributed by atoms with Crippen LogP contribution in [0.4, 0.5) is 9.18 Å². The number of phenols is 1. The lowest BCUT2D eigenvalue weighted by Crippen LogP contribution is -2.24. The van der Waals surface area contributed by atoms with Crippen LogP contribution in [0, 0.1) is 17.7 Å². The Labute approximate surface area is 127 Å². The van der Waals surface area contributed by atoms with Gasteiger partial charge in [-0.3, -0.25) is 0 Å². The van der Waals surface area contributed by atoms with Gasteiger partial charge in [-0.15, -0.1) is 0 Å². The van der Waals surface area contributed by atoms with E-state index in [1.54, 1.807) is 0 Å². The maximum Gasteiger partial charge on any atom is 0.408 e. The van der Waals surface area contributed by atoms with E-state index in [9.17, 15) is 9.18 Å². The summed E-state index contributed by atoms with van der Waals surface area (Å²) in [7, 11) is 0. The first kappa shape index (κ1) is 15.4. The molecule has 0 atom stereocenters. The van der Waals surface area contributed by atoms with E-state index in [0.717, 1.165) is 11.6 Å². The molecule has 0 radical (unpaired) electrons. The molecule has 2 N–H and O–H groups in total. The lowest BCUT2D eigenvalue weighted by Gasteiger charge is -2.04. The molecule has 0 saturated heterocycles. The van der Waals surface area contributed by atoms with E-state index >= 15 is 0 Å². The molecule has 0 saturated carbocycles. The molecule has 4 nitrogen and oxygen atoms in total. The van der Waals surface area contributed by atoms with Crippen molar-refractivity contribution in [3.05, 3.63) is 65.5 Å². The van der Waals surface area contributed by atoms with Crippen molar-refractivity contribution in [1.29, 1.82) is 0 Å². The molecule has 2 aromatic carbocycles. The molecule has 0 unspecified atom stereocenters. The normalized spacial score (nSPS) is 9.50. The fraction of sp³-hybridized carbons (Fsp3) is 0.118. The number of phenolic OH excluding ortho intramolecular Hbond substituents is 1. The lowest BCUT2D eigenvalue weighted by molar-refractivity contribution is 0.141. The number of amides is 1. The summed E-state index contributed by atoms with van der Waals surface area (Å²) < 4.78 is 18.1. The monoisotopic (exact) mass is 299 g/mol. The number of hydrogen-bond acceptors (Lipinski definition) is 3. The van der Waals surface area contributed by atoms with E-state index in [1.807, 2.05) is 30.3 Å². The van der Waals surface area contributed by atoms with Crippen LogP contribution in [0.1, 0.15) is 11.1 Å². The van der Waals surface area contributed by atoms with Gasteiger partial charge in [-0.1, -0.05) is 42.2 Å². The molecule has 0 heterocycles. The van der Waals surface area contributed by atoms with Crippen LogP contribution >= 0.6 is 0 Å². The Morgan fingerprint density at radius 3 is 2.73 bits per heavy atom. The summed E-state index contributed by atoms with van der Waals surface area (Å²) >= 11 is 0. The highest BCUT2D eigenvalue weighted by molar-refractivity contribution is 5.67. The van der Waals surface area contributed by atoms with Gasteiger partial charge in [-0.25, -0.2) is 9.18 Å². The molecule has 0 bridgehead atoms. The molecule has 1 amide bonds. The predicted molar refractivity (Wildman–Crippen MR) is 79.6 cm³/mol. The van der Waals surface area contributed by atoms with E-state index in [-0.39, 0.29) is 13.2 Å². The van der Waals surface area contributed by atoms with Crippen LogP contribution < -0.4 is 5.32 Å². The number of carbonyl (C=O) groups excluding carboxylic acids is 1. The summed E-state index contributed by atoms with van der Waals surface area (Å²) in [6, 6.07) is 13.1. The number of halogens is 1. The van der Waals surface area contributed by atoms with Gasteiger partial charge in [-0.05, 0) is 23.8 Å². The van der Waals surface area contributed by atoms with Crippen LogP contribution in [0.2, 0.25) is 0 Å². The number of carbonyl (C=O) groups is 1. The van der Waals surface area contributed by atoms with Crippen molar-refractivity contribution in [2.24, 2.45) is 0 Å². The Morgan fingerprint density at radius 2 is 2.00 bits per heavy atom. The molecule has 112 valence electrons. The molecule has 0 fully saturated rings. The summed E-state index contributed by atoms with van der Waals surface area (Å²) in [6.45, 7) is 0.263. The largest absolute Gasteiger partial charge is 0.505 e. The van der Waals surface area contributed by atoms with Gasteiger partial charge in [0.25, 0.3) is 0 Å². The average Bonchev–Trinajstić information content (AvgIpc) is 2.54. The Morgan fingerprint density at radius 1 is 1.23 bits per heavy atom. The topological polar surface area (TPSA) is 58.6 Å². The van der Waals surface area contributed by atoms with E-state index in [0.29, 0.717) is 5.56 Å². The maximum atomic E-state index is 13.1. The second-order valence-electron chi connectivity index (χ2n) is 4.38. The van der Waals surface area contributed by atoms with Crippen LogP contribution in [0.3, 0.4) is 0 Å². The zero-order chi connectivity index (χ0) is 15.8. The molecule has 0 aromatic heterocycles. The first-order valence-electron chi connectivity index (χ1n) is 6.57. The third kappa shape index (κ3) is 4.84. The highest BCUT2D eigenvalue weighted by atomic mass is 19.1. The number of alkyl carbamates (subject to hydrolysis) is 1. The molecule has 22 heavy (non-hydrogen) atoms. The van der Waals surface area contributed by atoms with E-state index in [4.69, 9.17) is 9.84 Å². The summed E-state index contributed by atoms with van der Waals surface area (Å²) in [4.78, 5) is 11.4. The average molecular weight is 299 g/mol. The third-order valence-electron chi connectivity index (χ3n) is 2.71. The van der Waals surface area contributed by atoms with E-state index in [1.165, 1.54) is 12.1 Å². The zero-order valence-electron chi connectivity index (χ0n) is 11.7. The number of aromatic hydroxyl groups is 1. The molecule has 0 aliphatic heterocycles. The SMILES string of the molecule is O=C(NCC#Cc1ccc(O)c(F)c1)OCc1ccccc1. The first-order valence-corrected chi connectivity index (χ1v) is 6.57. The molecule has 0 aliphatic carbocycles. The van der Waals surface area contributed by atoms with Crippen molar-refractivity contribution < 1.29 is 19.0 Å². The first-order chi connectivity index (χ1) is 10.6. The third-order valence-corrected chi connectivity index (χ3v) is 2.71. The summed E-state index contributed by atoms with van der Waals surface area (Å²) in [5, 5.41) is 11.5. The minimum Gasteiger partial charge on any atom is -0.505 e. The van der Waals surface area contributed by atoms with E-state index < -0.39 is 17.7 Å². The van der Waals surface area contributed by atoms with E-state index in [2.05, 4.69) is 17.2 Å². The Hall–Kier alpha value is -3.00. The summed E-state index contributed by atoms with van der Waals surface area (Å²) in [5.41, 5.74) is 1.30. The summed E-state index contributed by atoms with van der Waals surface area (Å²) in [6.07, 6.45) is -0.574. The van der Waals surface area contributed by atoms with Gasteiger partial charge >= 0.3 is 6.09 Å². The van der Waals surface area contributed by atoms with Crippen molar-refractivity contribution in [3.63, 3.8) is 0 Å². The standard InChI is InChI=1S/C17H14FNO3/c18-15-11-13(8-9-16(15)20)7-4-10-19-17(21)22-12-14-5-2-1-3-6-14/h1-3,5-6,8-9,11,20H,10,12H2,(H,19,21). The second kappa shape index (κ2) is 7.70. The van der Waals surface area contributed by atoms with Gasteiger partial charge in [0.05, 0.1) is 6.54 Å². The van der Waals surface area contributed by atoms with Crippen LogP contribution in [0.15, 0.2) is 48.5 Å². The minimum atomic E-state index is -0.734. The van der Waals surface area contributed by atoms with Gasteiger partial charge in [0.2, 0.25) is 0 Å². The molecule has 0 aliphatic rings. The molecular formula is C17H14FNO3. The highest BCUT2D eigenvalue weighted by Crippen LogP contribution is 2.15. The fourth-order valence-corrected chi connectivity index (χ4v) is 1.62. The number of ether oxygens (including phenoxy) is 1. The molecular weight excluding hydrogens is 285 g/mol. The number of nitrogens with one attached hydrogen (secondary N) is 1. The van der Waals surface area contributed by atoms with Crippen LogP contribution in [0.5, 0.6) is 5.75 Å². The minimum absolute atomic E-state index is 0.0795. The van der Waals surface area contributed by atoms with Gasteiger partial charge in [0, 0.05) is 5.56 Å². The number of benzene rings is 2. The zero-order valence-corrected chi connectivity index (χ0v) is 11.7. The molecule has 5 heteroatoms. The summed E-state index contributed by atoms with van der Waals surface area (Å²) in [5.74, 6) is 4.18. The second-order valence-corrected chi connectivity index (χ2v) is 4.38. The molecule has 2 rings (SSSR count). The predicted octanol–water partition coefficient (Wildman–Crippen LogP) is 2.81. The maximum absolute atomic E-state index is 13.1. The lowest BCUT2D eigenvalue weighted by atomic mass is 10.2. The van der Waals surface area contributed by atoms with Gasteiger partial charge in [0.1, 0.15) is 6.61 Å². The highest BCUT2D eigenvalue weighted by Gasteiger charge is 2.01. The fourth-order valence-electron chi connectivity index (χ4n) is 1.62. The van der Waals surface area contributed by atoms with Crippen molar-refractivity contribution in [2.45, 2.75) is 6.61 Å². The van der Waals surface area contributed by atoms with Crippen molar-refractivity contribution in [1.82, 2.24) is 5.32 Å². The van der Waals surface area contributed by atoms with Gasteiger partial charge in [0.15, 0.2) is 11.6 Å². The molecule has 2 aromatic rings. The smallest absolute Gasteiger partial charge is 0.408 e. The number of hydrogen-bond donors (Lipinski definition) is 2. The Bertz CT molecular complexity index is 705. The van der Waals surface area contributed by atoms with Crippen LogP contribution in [0.25, 0.3) is 0 Å². The Kier molecular flexibility index (Phi) is 5.38. The van der Waals surface area contributed by atoms with Crippen LogP contribution in [-0.2, 0) is 11.3 Å². The van der Waals surface area contributed by atoms with Crippen molar-refractivity contribution in [2.75, 3.05) is 6.54 Å². The number of rotatable bonds is 3.